The number of aryl methyl sites for hydroxylation is 1. The number of hydrogen-bond donors (Lipinski definition) is 1. The van der Waals surface area contributed by atoms with E-state index < -0.39 is 0 Å². The number of nitrogens with one attached hydrogen (secondary N) is 1. The molecule has 0 fully saturated rings. The largest absolute Gasteiger partial charge is 0.497 e. The molecule has 0 saturated carbocycles. The molecular weight excluding hydrogens is 238 g/mol. The van der Waals surface area contributed by atoms with Crippen molar-refractivity contribution in [2.45, 2.75) is 13.5 Å². The van der Waals surface area contributed by atoms with Crippen LogP contribution in [0.2, 0.25) is 0 Å². The minimum absolute atomic E-state index is 0.767. The van der Waals surface area contributed by atoms with Gasteiger partial charge in [0, 0.05) is 12.6 Å². The molecule has 0 unspecified atom stereocenters. The van der Waals surface area contributed by atoms with Gasteiger partial charge in [-0.25, -0.2) is 0 Å². The van der Waals surface area contributed by atoms with Crippen molar-refractivity contribution in [1.82, 2.24) is 0 Å². The summed E-state index contributed by atoms with van der Waals surface area (Å²) in [6.07, 6.45) is 0. The van der Waals surface area contributed by atoms with E-state index >= 15 is 0 Å². The predicted molar refractivity (Wildman–Crippen MR) is 78.1 cm³/mol. The topological polar surface area (TPSA) is 30.5 Å². The Morgan fingerprint density at radius 1 is 0.947 bits per heavy atom. The lowest BCUT2D eigenvalue weighted by molar-refractivity contribution is 0.395. The van der Waals surface area contributed by atoms with Gasteiger partial charge < -0.3 is 14.8 Å². The zero-order chi connectivity index (χ0) is 13.7. The third kappa shape index (κ3) is 3.41. The van der Waals surface area contributed by atoms with Crippen LogP contribution in [-0.4, -0.2) is 14.2 Å². The molecule has 2 aromatic carbocycles. The summed E-state index contributed by atoms with van der Waals surface area (Å²) in [6.45, 7) is 2.85. The molecule has 0 radical (unpaired) electrons. The van der Waals surface area contributed by atoms with Crippen LogP contribution in [0.15, 0.2) is 42.5 Å². The summed E-state index contributed by atoms with van der Waals surface area (Å²) in [5.74, 6) is 1.57. The summed E-state index contributed by atoms with van der Waals surface area (Å²) in [6, 6.07) is 14.2. The Morgan fingerprint density at radius 2 is 1.68 bits per heavy atom. The molecular formula is C16H19NO2. The molecule has 0 aliphatic heterocycles. The van der Waals surface area contributed by atoms with Crippen LogP contribution in [0.5, 0.6) is 11.5 Å². The predicted octanol–water partition coefficient (Wildman–Crippen LogP) is 3.62. The average molecular weight is 257 g/mol. The molecule has 2 rings (SSSR count). The van der Waals surface area contributed by atoms with Crippen molar-refractivity contribution in [2.24, 2.45) is 0 Å². The second-order valence-corrected chi connectivity index (χ2v) is 4.41. The molecule has 3 heteroatoms. The van der Waals surface area contributed by atoms with E-state index in [1.165, 1.54) is 11.1 Å². The van der Waals surface area contributed by atoms with Crippen LogP contribution >= 0.6 is 0 Å². The maximum Gasteiger partial charge on any atom is 0.145 e. The van der Waals surface area contributed by atoms with E-state index in [4.69, 9.17) is 9.47 Å². The van der Waals surface area contributed by atoms with Crippen molar-refractivity contribution in [2.75, 3.05) is 19.5 Å². The Labute approximate surface area is 114 Å². The summed E-state index contributed by atoms with van der Waals surface area (Å²) in [5.41, 5.74) is 3.47. The molecule has 0 aromatic heterocycles. The van der Waals surface area contributed by atoms with Crippen LogP contribution in [0, 0.1) is 6.92 Å². The molecule has 1 N–H and O–H groups in total. The van der Waals surface area contributed by atoms with Gasteiger partial charge in [-0.05, 0) is 24.6 Å². The Kier molecular flexibility index (Phi) is 4.29. The Balaban J connectivity index is 2.08. The summed E-state index contributed by atoms with van der Waals surface area (Å²) >= 11 is 0. The molecule has 0 heterocycles. The van der Waals surface area contributed by atoms with Crippen molar-refractivity contribution in [3.63, 3.8) is 0 Å². The quantitative estimate of drug-likeness (QED) is 0.887. The highest BCUT2D eigenvalue weighted by Gasteiger charge is 2.04. The fourth-order valence-electron chi connectivity index (χ4n) is 1.85. The lowest BCUT2D eigenvalue weighted by Crippen LogP contribution is -2.01. The van der Waals surface area contributed by atoms with Crippen LogP contribution in [0.4, 0.5) is 5.69 Å². The normalized spacial score (nSPS) is 10.1. The first-order valence-electron chi connectivity index (χ1n) is 6.24. The molecule has 0 saturated heterocycles. The smallest absolute Gasteiger partial charge is 0.145 e. The molecule has 0 atom stereocenters. The zero-order valence-electron chi connectivity index (χ0n) is 11.6. The van der Waals surface area contributed by atoms with Gasteiger partial charge in [0.05, 0.1) is 19.9 Å². The summed E-state index contributed by atoms with van der Waals surface area (Å²) < 4.78 is 10.5. The number of ether oxygens (including phenoxy) is 2. The lowest BCUT2D eigenvalue weighted by Gasteiger charge is -2.12. The van der Waals surface area contributed by atoms with Gasteiger partial charge in [0.1, 0.15) is 11.5 Å². The third-order valence-electron chi connectivity index (χ3n) is 3.01. The van der Waals surface area contributed by atoms with Gasteiger partial charge in [-0.3, -0.25) is 0 Å². The number of rotatable bonds is 5. The van der Waals surface area contributed by atoms with E-state index in [1.807, 2.05) is 18.2 Å². The van der Waals surface area contributed by atoms with E-state index in [2.05, 4.69) is 36.5 Å². The van der Waals surface area contributed by atoms with Crippen LogP contribution < -0.4 is 14.8 Å². The number of benzene rings is 2. The molecule has 19 heavy (non-hydrogen) atoms. The molecule has 100 valence electrons. The standard InChI is InChI=1S/C16H19NO2/c1-12-4-6-13(7-5-12)11-17-15-9-8-14(18-2)10-16(15)19-3/h4-10,17H,11H2,1-3H3. The number of hydrogen-bond acceptors (Lipinski definition) is 3. The highest BCUT2D eigenvalue weighted by molar-refractivity contribution is 5.59. The second kappa shape index (κ2) is 6.14. The molecule has 0 aliphatic rings. The van der Waals surface area contributed by atoms with E-state index in [-0.39, 0.29) is 0 Å². The van der Waals surface area contributed by atoms with Gasteiger partial charge in [0.2, 0.25) is 0 Å². The maximum absolute atomic E-state index is 5.35. The Hall–Kier alpha value is -2.16. The monoisotopic (exact) mass is 257 g/mol. The van der Waals surface area contributed by atoms with E-state index in [0.717, 1.165) is 23.7 Å². The summed E-state index contributed by atoms with van der Waals surface area (Å²) in [4.78, 5) is 0. The molecule has 0 spiro atoms. The first-order chi connectivity index (χ1) is 9.22. The van der Waals surface area contributed by atoms with Gasteiger partial charge in [-0.1, -0.05) is 29.8 Å². The SMILES string of the molecule is COc1ccc(NCc2ccc(C)cc2)c(OC)c1. The van der Waals surface area contributed by atoms with Crippen molar-refractivity contribution in [1.29, 1.82) is 0 Å². The lowest BCUT2D eigenvalue weighted by atomic mass is 10.1. The van der Waals surface area contributed by atoms with Crippen molar-refractivity contribution < 1.29 is 9.47 Å². The van der Waals surface area contributed by atoms with Crippen molar-refractivity contribution >= 4 is 5.69 Å². The molecule has 2 aromatic rings. The zero-order valence-corrected chi connectivity index (χ0v) is 11.6. The summed E-state index contributed by atoms with van der Waals surface area (Å²) in [5, 5.41) is 3.37. The maximum atomic E-state index is 5.35. The van der Waals surface area contributed by atoms with Gasteiger partial charge in [-0.2, -0.15) is 0 Å². The van der Waals surface area contributed by atoms with Gasteiger partial charge in [-0.15, -0.1) is 0 Å². The number of methoxy groups -OCH3 is 2. The van der Waals surface area contributed by atoms with Crippen LogP contribution in [0.3, 0.4) is 0 Å². The fourth-order valence-corrected chi connectivity index (χ4v) is 1.85. The van der Waals surface area contributed by atoms with E-state index in [0.29, 0.717) is 0 Å². The van der Waals surface area contributed by atoms with Crippen molar-refractivity contribution in [3.05, 3.63) is 53.6 Å². The third-order valence-corrected chi connectivity index (χ3v) is 3.01. The van der Waals surface area contributed by atoms with E-state index in [1.54, 1.807) is 14.2 Å². The van der Waals surface area contributed by atoms with Crippen LogP contribution in [0.25, 0.3) is 0 Å². The second-order valence-electron chi connectivity index (χ2n) is 4.41. The van der Waals surface area contributed by atoms with Gasteiger partial charge in [0.25, 0.3) is 0 Å². The van der Waals surface area contributed by atoms with Gasteiger partial charge in [0.15, 0.2) is 0 Å². The highest BCUT2D eigenvalue weighted by Crippen LogP contribution is 2.29. The van der Waals surface area contributed by atoms with Crippen LogP contribution in [0.1, 0.15) is 11.1 Å². The minimum Gasteiger partial charge on any atom is -0.497 e. The average Bonchev–Trinajstić information content (AvgIpc) is 2.46. The first kappa shape index (κ1) is 13.3. The molecule has 0 aliphatic carbocycles. The molecule has 3 nitrogen and oxygen atoms in total. The fraction of sp³-hybridized carbons (Fsp3) is 0.250. The van der Waals surface area contributed by atoms with Gasteiger partial charge >= 0.3 is 0 Å². The first-order valence-corrected chi connectivity index (χ1v) is 6.24. The van der Waals surface area contributed by atoms with E-state index in [9.17, 15) is 0 Å². The summed E-state index contributed by atoms with van der Waals surface area (Å²) in [7, 11) is 3.31. The highest BCUT2D eigenvalue weighted by atomic mass is 16.5. The van der Waals surface area contributed by atoms with Crippen molar-refractivity contribution in [3.8, 4) is 11.5 Å². The Bertz CT molecular complexity index is 535. The van der Waals surface area contributed by atoms with Crippen LogP contribution in [-0.2, 0) is 6.54 Å². The molecule has 0 bridgehead atoms. The number of anilines is 1. The minimum atomic E-state index is 0.767. The Morgan fingerprint density at radius 3 is 2.32 bits per heavy atom. The molecule has 0 amide bonds.